The van der Waals surface area contributed by atoms with E-state index in [2.05, 4.69) is 210 Å². The summed E-state index contributed by atoms with van der Waals surface area (Å²) in [6.45, 7) is 14.7. The molecule has 10 heteroatoms. The van der Waals surface area contributed by atoms with Crippen LogP contribution in [-0.2, 0) is 188 Å². The van der Waals surface area contributed by atoms with Gasteiger partial charge in [0.15, 0.2) is 0 Å². The van der Waals surface area contributed by atoms with Crippen LogP contribution in [-0.4, -0.2) is 35.6 Å². The summed E-state index contributed by atoms with van der Waals surface area (Å²) in [5.41, 5.74) is 37.7. The minimum absolute atomic E-state index is 0. The molecule has 0 amide bonds. The van der Waals surface area contributed by atoms with Crippen molar-refractivity contribution < 1.29 is 90.3 Å². The first-order chi connectivity index (χ1) is 56.1. The van der Waals surface area contributed by atoms with Gasteiger partial charge < -0.3 is 25.0 Å². The van der Waals surface area contributed by atoms with Crippen molar-refractivity contribution in [1.82, 2.24) is 19.9 Å². The van der Waals surface area contributed by atoms with Crippen molar-refractivity contribution in [3.8, 4) is 45.0 Å². The van der Waals surface area contributed by atoms with Crippen molar-refractivity contribution >= 4 is 48.9 Å². The van der Waals surface area contributed by atoms with Gasteiger partial charge in [0.05, 0.1) is 18.8 Å². The average molecular weight is 2280 g/mol. The quantitative estimate of drug-likeness (QED) is 0.0708. The molecular formula is C109H113Ir4N4O2-3. The first-order valence-corrected chi connectivity index (χ1v) is 43.9. The first kappa shape index (κ1) is 89.2. The van der Waals surface area contributed by atoms with E-state index >= 15 is 0 Å². The Morgan fingerprint density at radius 3 is 1.37 bits per heavy atom. The Morgan fingerprint density at radius 1 is 0.370 bits per heavy atom. The largest absolute Gasteiger partial charge is 0.512 e. The summed E-state index contributed by atoms with van der Waals surface area (Å²) in [7, 11) is 0. The molecule has 0 bridgehead atoms. The molecule has 0 atom stereocenters. The third kappa shape index (κ3) is 19.0. The summed E-state index contributed by atoms with van der Waals surface area (Å²) >= 11 is 0. The third-order valence-corrected chi connectivity index (χ3v) is 26.8. The van der Waals surface area contributed by atoms with Crippen molar-refractivity contribution in [2.45, 2.75) is 258 Å². The number of ketones is 1. The maximum absolute atomic E-state index is 8.40. The molecule has 0 spiro atoms. The molecule has 2 N–H and O–H groups in total. The van der Waals surface area contributed by atoms with Crippen LogP contribution < -0.4 is 0 Å². The molecule has 6 nitrogen and oxygen atoms in total. The van der Waals surface area contributed by atoms with Crippen LogP contribution in [0, 0.1) is 24.3 Å². The summed E-state index contributed by atoms with van der Waals surface area (Å²) < 4.78 is 0. The second-order valence-electron chi connectivity index (χ2n) is 35.3. The van der Waals surface area contributed by atoms with Gasteiger partial charge >= 0.3 is 5.78 Å². The van der Waals surface area contributed by atoms with Crippen LogP contribution in [0.3, 0.4) is 0 Å². The van der Waals surface area contributed by atoms with E-state index in [1.165, 1.54) is 339 Å². The fourth-order valence-corrected chi connectivity index (χ4v) is 20.7. The molecule has 0 unspecified atom stereocenters. The normalized spacial score (nSPS) is 16.0. The molecule has 0 saturated carbocycles. The molecular weight excluding hydrogens is 2170 g/mol. The number of hydrogen-bond donors (Lipinski definition) is 1. The number of unbranched alkanes of at least 4 members (excludes halogenated alkanes) is 1. The third-order valence-electron chi connectivity index (χ3n) is 26.8. The van der Waals surface area contributed by atoms with Crippen LogP contribution in [0.2, 0.25) is 0 Å². The molecule has 0 saturated heterocycles. The monoisotopic (exact) mass is 2280 g/mol. The van der Waals surface area contributed by atoms with E-state index in [0.717, 1.165) is 40.2 Å². The number of aromatic nitrogens is 4. The number of aliphatic hydroxyl groups is 1. The summed E-state index contributed by atoms with van der Waals surface area (Å²) in [6.07, 6.45) is 48.5. The smallest absolute Gasteiger partial charge is 0.316 e. The minimum atomic E-state index is -0.113. The van der Waals surface area contributed by atoms with E-state index in [9.17, 15) is 0 Å². The summed E-state index contributed by atoms with van der Waals surface area (Å²) in [5, 5.41) is 19.2. The average Bonchev–Trinajstić information content (AvgIpc) is 0.707. The molecule has 4 heterocycles. The van der Waals surface area contributed by atoms with Crippen LogP contribution >= 0.6 is 0 Å². The van der Waals surface area contributed by atoms with Gasteiger partial charge in [0.25, 0.3) is 0 Å². The number of carbonyl (C=O) groups excluding carboxylic acids is 1. The molecule has 620 valence electrons. The van der Waals surface area contributed by atoms with Crippen molar-refractivity contribution in [2.24, 2.45) is 0 Å². The van der Waals surface area contributed by atoms with Crippen LogP contribution in [0.4, 0.5) is 0 Å². The topological polar surface area (TPSA) is 93.2 Å². The number of pyridine rings is 4. The maximum Gasteiger partial charge on any atom is 0.316 e. The fourth-order valence-electron chi connectivity index (χ4n) is 20.7. The molecule has 0 fully saturated rings. The van der Waals surface area contributed by atoms with Gasteiger partial charge in [0, 0.05) is 105 Å². The van der Waals surface area contributed by atoms with Gasteiger partial charge in [-0.15, -0.1) is 140 Å². The number of allylic oxidation sites excluding steroid dienone is 2. The number of fused-ring (bicyclic) bond motifs is 17. The van der Waals surface area contributed by atoms with Crippen LogP contribution in [0.15, 0.2) is 176 Å². The molecule has 21 rings (SSSR count). The second-order valence-corrected chi connectivity index (χ2v) is 35.3. The maximum atomic E-state index is 8.40. The molecule has 119 heavy (non-hydrogen) atoms. The van der Waals surface area contributed by atoms with E-state index in [1.807, 2.05) is 18.6 Å². The van der Waals surface area contributed by atoms with Crippen LogP contribution in [0.5, 0.6) is 0 Å². The Balaban J connectivity index is 0.000000135. The Labute approximate surface area is 761 Å². The van der Waals surface area contributed by atoms with Crippen molar-refractivity contribution in [2.75, 3.05) is 0 Å². The molecule has 8 aliphatic rings. The van der Waals surface area contributed by atoms with Gasteiger partial charge in [-0.1, -0.05) is 171 Å². The van der Waals surface area contributed by atoms with E-state index in [0.29, 0.717) is 0 Å². The predicted octanol–water partition coefficient (Wildman–Crippen LogP) is 26.3. The molecule has 4 radical (unpaired) electrons. The number of rotatable bonds is 8. The number of hydrogen-bond acceptors (Lipinski definition) is 5. The number of benzene rings is 9. The summed E-state index contributed by atoms with van der Waals surface area (Å²) in [5.74, 6) is 0.250. The van der Waals surface area contributed by atoms with Crippen molar-refractivity contribution in [1.29, 1.82) is 0 Å². The van der Waals surface area contributed by atoms with Crippen molar-refractivity contribution in [3.05, 3.63) is 306 Å². The molecule has 0 aliphatic heterocycles. The Kier molecular flexibility index (Phi) is 29.8. The number of nitrogens with zero attached hydrogens (tertiary/aromatic N) is 4. The zero-order valence-corrected chi connectivity index (χ0v) is 80.2. The summed E-state index contributed by atoms with van der Waals surface area (Å²) in [4.78, 5) is 27.5. The van der Waals surface area contributed by atoms with Crippen LogP contribution in [0.1, 0.15) is 257 Å². The second kappa shape index (κ2) is 39.7. The molecule has 9 aromatic carbocycles. The Hall–Kier alpha value is -7.57. The van der Waals surface area contributed by atoms with Crippen molar-refractivity contribution in [3.63, 3.8) is 0 Å². The number of aliphatic hydroxyl groups excluding tert-OH is 1. The van der Waals surface area contributed by atoms with Gasteiger partial charge in [-0.05, 0) is 298 Å². The van der Waals surface area contributed by atoms with Gasteiger partial charge in [0.2, 0.25) is 0 Å². The van der Waals surface area contributed by atoms with Gasteiger partial charge in [-0.3, -0.25) is 4.79 Å². The number of aryl methyl sites for hydroxylation is 13. The summed E-state index contributed by atoms with van der Waals surface area (Å²) in [6, 6.07) is 66.7. The first-order valence-electron chi connectivity index (χ1n) is 43.9. The minimum Gasteiger partial charge on any atom is -0.512 e. The zero-order chi connectivity index (χ0) is 78.7. The van der Waals surface area contributed by atoms with E-state index < -0.39 is 0 Å². The Morgan fingerprint density at radius 2 is 0.798 bits per heavy atom. The fraction of sp³-hybridized carbons (Fsp3) is 0.367. The Bertz CT molecular complexity index is 5910. The van der Waals surface area contributed by atoms with Gasteiger partial charge in [-0.25, -0.2) is 0 Å². The van der Waals surface area contributed by atoms with E-state index in [-0.39, 0.29) is 103 Å². The zero-order valence-electron chi connectivity index (χ0n) is 70.6. The van der Waals surface area contributed by atoms with Gasteiger partial charge in [-0.2, -0.15) is 0 Å². The SMILES string of the molecule is CC(=[OH+])C=C(C)O.CC1(C)c2c[c-]c(-c3nccc4cc5c(cc34)CCCC5)cc2C(C)(C)c2cc3ccccc3cc21.CCCCc1ccnc(-c2[c-]cc3c(c2)CCCC3)c1.[Ir].[Ir].[Ir].[Ir].[c-]1cc2c(cc1-c1nccc3c4c(c5c(c13)CCCC5)CCCC4)CCCC2.[c-]1cc2c(cc1-c1nccc3c4c(ccc13)CCCC4)CCCC2. The molecule has 8 aliphatic carbocycles. The van der Waals surface area contributed by atoms with E-state index in [1.54, 1.807) is 33.4 Å². The van der Waals surface area contributed by atoms with Gasteiger partial charge in [0.1, 0.15) is 0 Å². The molecule has 4 aromatic heterocycles. The standard InChI is InChI=1S/C35H32N.C27H28N.C23H22N.C19H22N.C5H8O2.4Ir/c1-34(2)29-14-13-27(33-28-18-23-10-6-5-9-22(23)17-26(28)15-16-36-33)21-30(29)35(3,4)32-20-25-12-8-7-11-24(25)19-31(32)34;1-2-8-19-17-20(14-13-18(19)7-1)27-26-24-12-6-5-10-22(24)21-9-3-4-11-23(21)25(26)15-16-28-27;1-2-7-18-15-19(10-9-16(18)5-1)23-22-12-11-17-6-3-4-8-20(17)21(22)13-14-24-23;1-2-3-6-15-11-12-20-19(13-15)18-10-9-16-7-4-5-8-17(16)14-18;1-4(6)3-5(2)7;;;;/h7-8,11-12,14-21H,5-6,9-10H2,1-4H3;13,15-17H,1-12H2;9,11-15H,1-8H2;9,11-14H,2-8H2,1H3;3,6H,1-2H3;;;;/q4*-1;;;;;/p+1. The van der Waals surface area contributed by atoms with Crippen LogP contribution in [0.25, 0.3) is 88.1 Å². The molecule has 13 aromatic rings. The van der Waals surface area contributed by atoms with E-state index in [4.69, 9.17) is 24.9 Å². The predicted molar refractivity (Wildman–Crippen MR) is 479 cm³/mol.